The molecule has 0 bridgehead atoms. The SMILES string of the molecule is CN(C(=O)c1cn[nH]c1C1CCCCC1)C1CCN(Cc2ccccc2)C1. The van der Waals surface area contributed by atoms with Crippen LogP contribution in [0, 0.1) is 0 Å². The monoisotopic (exact) mass is 366 g/mol. The molecule has 5 heteroatoms. The van der Waals surface area contributed by atoms with Crippen LogP contribution in [0.1, 0.15) is 66.1 Å². The fourth-order valence-electron chi connectivity index (χ4n) is 4.64. The van der Waals surface area contributed by atoms with E-state index in [1.807, 2.05) is 11.9 Å². The van der Waals surface area contributed by atoms with Gasteiger partial charge in [-0.3, -0.25) is 14.8 Å². The number of rotatable bonds is 5. The molecule has 1 unspecified atom stereocenters. The van der Waals surface area contributed by atoms with Gasteiger partial charge in [0.1, 0.15) is 0 Å². The Morgan fingerprint density at radius 3 is 2.74 bits per heavy atom. The fourth-order valence-corrected chi connectivity index (χ4v) is 4.64. The van der Waals surface area contributed by atoms with Crippen LogP contribution in [0.4, 0.5) is 0 Å². The van der Waals surface area contributed by atoms with Crippen molar-refractivity contribution in [3.8, 4) is 0 Å². The number of nitrogens with one attached hydrogen (secondary N) is 1. The maximum absolute atomic E-state index is 13.2. The van der Waals surface area contributed by atoms with Gasteiger partial charge in [-0.05, 0) is 24.8 Å². The molecule has 2 aliphatic rings. The smallest absolute Gasteiger partial charge is 0.257 e. The number of amides is 1. The van der Waals surface area contributed by atoms with Crippen LogP contribution in [0.2, 0.25) is 0 Å². The van der Waals surface area contributed by atoms with Gasteiger partial charge >= 0.3 is 0 Å². The molecular weight excluding hydrogens is 336 g/mol. The number of likely N-dealkylation sites (N-methyl/N-ethyl adjacent to an activating group) is 1. The first-order valence-electron chi connectivity index (χ1n) is 10.3. The Labute approximate surface area is 161 Å². The molecule has 1 saturated carbocycles. The molecule has 1 aromatic carbocycles. The summed E-state index contributed by atoms with van der Waals surface area (Å²) in [5, 5.41) is 7.35. The average molecular weight is 367 g/mol. The second kappa shape index (κ2) is 8.26. The van der Waals surface area contributed by atoms with Gasteiger partial charge in [-0.1, -0.05) is 49.6 Å². The molecule has 1 saturated heterocycles. The first kappa shape index (κ1) is 18.2. The maximum Gasteiger partial charge on any atom is 0.257 e. The van der Waals surface area contributed by atoms with E-state index in [0.29, 0.717) is 5.92 Å². The molecule has 2 aromatic rings. The summed E-state index contributed by atoms with van der Waals surface area (Å²) in [4.78, 5) is 17.6. The van der Waals surface area contributed by atoms with E-state index < -0.39 is 0 Å². The van der Waals surface area contributed by atoms with Gasteiger partial charge < -0.3 is 4.90 Å². The van der Waals surface area contributed by atoms with E-state index in [9.17, 15) is 4.79 Å². The van der Waals surface area contributed by atoms with E-state index in [-0.39, 0.29) is 11.9 Å². The molecule has 2 fully saturated rings. The van der Waals surface area contributed by atoms with Gasteiger partial charge in [0.2, 0.25) is 0 Å². The summed E-state index contributed by atoms with van der Waals surface area (Å²) in [5.74, 6) is 0.586. The average Bonchev–Trinajstić information content (AvgIpc) is 3.38. The number of H-pyrrole nitrogens is 1. The van der Waals surface area contributed by atoms with Crippen molar-refractivity contribution in [2.45, 2.75) is 57.0 Å². The van der Waals surface area contributed by atoms with Gasteiger partial charge in [0.25, 0.3) is 5.91 Å². The molecule has 1 aliphatic heterocycles. The summed E-state index contributed by atoms with van der Waals surface area (Å²) in [5.41, 5.74) is 3.18. The number of carbonyl (C=O) groups excluding carboxylic acids is 1. The summed E-state index contributed by atoms with van der Waals surface area (Å²) in [6.45, 7) is 2.93. The van der Waals surface area contributed by atoms with Crippen molar-refractivity contribution in [2.24, 2.45) is 0 Å². The third kappa shape index (κ3) is 4.08. The molecule has 5 nitrogen and oxygen atoms in total. The highest BCUT2D eigenvalue weighted by atomic mass is 16.2. The molecule has 1 N–H and O–H groups in total. The van der Waals surface area contributed by atoms with Crippen molar-refractivity contribution in [1.82, 2.24) is 20.0 Å². The standard InChI is InChI=1S/C22H30N4O/c1-25(19-12-13-26(16-19)15-17-8-4-2-5-9-17)22(27)20-14-23-24-21(20)18-10-6-3-7-11-18/h2,4-5,8-9,14,18-19H,3,6-7,10-13,15-16H2,1H3,(H,23,24). The van der Waals surface area contributed by atoms with Gasteiger partial charge in [0.05, 0.1) is 17.5 Å². The Balaban J connectivity index is 1.39. The molecule has 0 spiro atoms. The molecule has 1 aromatic heterocycles. The number of hydrogen-bond acceptors (Lipinski definition) is 3. The van der Waals surface area contributed by atoms with Crippen LogP contribution in [-0.2, 0) is 6.54 Å². The second-order valence-corrected chi connectivity index (χ2v) is 8.11. The maximum atomic E-state index is 13.2. The van der Waals surface area contributed by atoms with Crippen LogP contribution in [0.25, 0.3) is 0 Å². The van der Waals surface area contributed by atoms with Crippen molar-refractivity contribution in [2.75, 3.05) is 20.1 Å². The first-order valence-corrected chi connectivity index (χ1v) is 10.3. The van der Waals surface area contributed by atoms with Crippen LogP contribution in [0.15, 0.2) is 36.5 Å². The highest BCUT2D eigenvalue weighted by Gasteiger charge is 2.31. The van der Waals surface area contributed by atoms with Crippen LogP contribution >= 0.6 is 0 Å². The minimum atomic E-state index is 0.121. The number of carbonyl (C=O) groups is 1. The Hall–Kier alpha value is -2.14. The zero-order valence-electron chi connectivity index (χ0n) is 16.2. The highest BCUT2D eigenvalue weighted by molar-refractivity contribution is 5.95. The Bertz CT molecular complexity index is 751. The quantitative estimate of drug-likeness (QED) is 0.876. The largest absolute Gasteiger partial charge is 0.337 e. The van der Waals surface area contributed by atoms with Gasteiger partial charge in [0, 0.05) is 38.6 Å². The van der Waals surface area contributed by atoms with Crippen LogP contribution in [0.3, 0.4) is 0 Å². The lowest BCUT2D eigenvalue weighted by molar-refractivity contribution is 0.0733. The summed E-state index contributed by atoms with van der Waals surface area (Å²) in [6, 6.07) is 10.8. The van der Waals surface area contributed by atoms with Gasteiger partial charge in [0.15, 0.2) is 0 Å². The van der Waals surface area contributed by atoms with E-state index in [1.54, 1.807) is 6.20 Å². The summed E-state index contributed by atoms with van der Waals surface area (Å²) in [6.07, 6.45) is 8.92. The normalized spacial score (nSPS) is 21.4. The zero-order valence-corrected chi connectivity index (χ0v) is 16.2. The summed E-state index contributed by atoms with van der Waals surface area (Å²) < 4.78 is 0. The zero-order chi connectivity index (χ0) is 18.6. The number of likely N-dealkylation sites (tertiary alicyclic amines) is 1. The number of benzene rings is 1. The Morgan fingerprint density at radius 1 is 1.19 bits per heavy atom. The van der Waals surface area contributed by atoms with E-state index >= 15 is 0 Å². The minimum absolute atomic E-state index is 0.121. The van der Waals surface area contributed by atoms with Crippen molar-refractivity contribution >= 4 is 5.91 Å². The highest BCUT2D eigenvalue weighted by Crippen LogP contribution is 2.33. The van der Waals surface area contributed by atoms with E-state index in [0.717, 1.165) is 37.3 Å². The van der Waals surface area contributed by atoms with E-state index in [2.05, 4.69) is 45.4 Å². The molecule has 4 rings (SSSR count). The molecule has 144 valence electrons. The minimum Gasteiger partial charge on any atom is -0.337 e. The van der Waals surface area contributed by atoms with Crippen LogP contribution < -0.4 is 0 Å². The molecule has 1 atom stereocenters. The Morgan fingerprint density at radius 2 is 1.96 bits per heavy atom. The molecule has 1 aliphatic carbocycles. The van der Waals surface area contributed by atoms with E-state index in [1.165, 1.54) is 37.7 Å². The third-order valence-electron chi connectivity index (χ3n) is 6.28. The molecule has 1 amide bonds. The van der Waals surface area contributed by atoms with Gasteiger partial charge in [-0.15, -0.1) is 0 Å². The van der Waals surface area contributed by atoms with Crippen molar-refractivity contribution < 1.29 is 4.79 Å². The molecule has 0 radical (unpaired) electrons. The predicted octanol–water partition coefficient (Wildman–Crippen LogP) is 3.80. The topological polar surface area (TPSA) is 52.2 Å². The number of aromatic amines is 1. The lowest BCUT2D eigenvalue weighted by atomic mass is 9.85. The van der Waals surface area contributed by atoms with Gasteiger partial charge in [-0.2, -0.15) is 5.10 Å². The number of nitrogens with zero attached hydrogens (tertiary/aromatic N) is 3. The lowest BCUT2D eigenvalue weighted by Gasteiger charge is -2.26. The van der Waals surface area contributed by atoms with Crippen LogP contribution in [-0.4, -0.2) is 52.1 Å². The van der Waals surface area contributed by atoms with Crippen LogP contribution in [0.5, 0.6) is 0 Å². The van der Waals surface area contributed by atoms with E-state index in [4.69, 9.17) is 0 Å². The second-order valence-electron chi connectivity index (χ2n) is 8.11. The van der Waals surface area contributed by atoms with Crippen molar-refractivity contribution in [1.29, 1.82) is 0 Å². The molecular formula is C22H30N4O. The Kier molecular flexibility index (Phi) is 5.58. The van der Waals surface area contributed by atoms with Crippen molar-refractivity contribution in [3.05, 3.63) is 53.3 Å². The third-order valence-corrected chi connectivity index (χ3v) is 6.28. The number of aromatic nitrogens is 2. The van der Waals surface area contributed by atoms with Gasteiger partial charge in [-0.25, -0.2) is 0 Å². The molecule has 27 heavy (non-hydrogen) atoms. The molecule has 2 heterocycles. The fraction of sp³-hybridized carbons (Fsp3) is 0.545. The van der Waals surface area contributed by atoms with Crippen molar-refractivity contribution in [3.63, 3.8) is 0 Å². The predicted molar refractivity (Wildman–Crippen MR) is 107 cm³/mol. The summed E-state index contributed by atoms with van der Waals surface area (Å²) >= 11 is 0. The first-order chi connectivity index (χ1) is 13.2. The lowest BCUT2D eigenvalue weighted by Crippen LogP contribution is -2.39. The summed E-state index contributed by atoms with van der Waals surface area (Å²) in [7, 11) is 1.96. The number of hydrogen-bond donors (Lipinski definition) is 1.